The average molecular weight is 298 g/mol. The monoisotopic (exact) mass is 298 g/mol. The molecule has 1 aliphatic rings. The molecule has 1 amide bonds. The summed E-state index contributed by atoms with van der Waals surface area (Å²) in [6.45, 7) is 6.26. The number of piperazine rings is 1. The molecule has 0 saturated carbocycles. The van der Waals surface area contributed by atoms with Crippen LogP contribution in [0.5, 0.6) is 0 Å². The van der Waals surface area contributed by atoms with Crippen molar-refractivity contribution in [3.05, 3.63) is 10.6 Å². The first kappa shape index (κ1) is 14.7. The third kappa shape index (κ3) is 2.88. The van der Waals surface area contributed by atoms with Crippen molar-refractivity contribution in [3.63, 3.8) is 0 Å². The Kier molecular flexibility index (Phi) is 4.50. The van der Waals surface area contributed by atoms with Gasteiger partial charge in [-0.05, 0) is 25.4 Å². The lowest BCUT2D eigenvalue weighted by Gasteiger charge is -2.37. The molecular formula is C11H18N6O2S. The minimum absolute atomic E-state index is 0.0198. The van der Waals surface area contributed by atoms with Gasteiger partial charge in [-0.2, -0.15) is 0 Å². The molecule has 0 spiro atoms. The van der Waals surface area contributed by atoms with Crippen LogP contribution in [-0.2, 0) is 0 Å². The maximum atomic E-state index is 12.3. The largest absolute Gasteiger partial charge is 0.409 e. The summed E-state index contributed by atoms with van der Waals surface area (Å²) in [5.74, 6) is 0.167. The molecule has 1 unspecified atom stereocenters. The Balaban J connectivity index is 1.95. The molecule has 0 aromatic carbocycles. The average Bonchev–Trinajstić information content (AvgIpc) is 2.91. The van der Waals surface area contributed by atoms with Gasteiger partial charge >= 0.3 is 0 Å². The van der Waals surface area contributed by atoms with Crippen molar-refractivity contribution in [2.75, 3.05) is 26.2 Å². The van der Waals surface area contributed by atoms with Gasteiger partial charge in [-0.3, -0.25) is 9.69 Å². The Morgan fingerprint density at radius 1 is 1.45 bits per heavy atom. The highest BCUT2D eigenvalue weighted by Crippen LogP contribution is 2.15. The molecule has 1 atom stereocenters. The number of oxime groups is 1. The van der Waals surface area contributed by atoms with Crippen LogP contribution in [0.3, 0.4) is 0 Å². The predicted molar refractivity (Wildman–Crippen MR) is 75.0 cm³/mol. The zero-order valence-corrected chi connectivity index (χ0v) is 12.3. The van der Waals surface area contributed by atoms with Crippen molar-refractivity contribution in [1.82, 2.24) is 19.4 Å². The van der Waals surface area contributed by atoms with Gasteiger partial charge in [0, 0.05) is 26.2 Å². The lowest BCUT2D eigenvalue weighted by atomic mass is 10.2. The Morgan fingerprint density at radius 3 is 2.60 bits per heavy atom. The molecule has 0 aliphatic carbocycles. The SMILES string of the molecule is Cc1nnsc1C(=O)N1CCN(C(C)C(N)=NO)CC1. The first-order valence-corrected chi connectivity index (χ1v) is 7.11. The predicted octanol–water partition coefficient (Wildman–Crippen LogP) is -0.261. The maximum absolute atomic E-state index is 12.3. The number of carbonyl (C=O) groups excluding carboxylic acids is 1. The van der Waals surface area contributed by atoms with E-state index >= 15 is 0 Å². The first-order chi connectivity index (χ1) is 9.54. The van der Waals surface area contributed by atoms with Gasteiger partial charge in [-0.1, -0.05) is 9.64 Å². The zero-order chi connectivity index (χ0) is 14.7. The molecule has 0 bridgehead atoms. The number of aryl methyl sites for hydroxylation is 1. The number of nitrogens with zero attached hydrogens (tertiary/aromatic N) is 5. The van der Waals surface area contributed by atoms with Gasteiger partial charge in [-0.25, -0.2) is 0 Å². The van der Waals surface area contributed by atoms with Crippen molar-refractivity contribution in [2.24, 2.45) is 10.9 Å². The molecule has 8 nitrogen and oxygen atoms in total. The van der Waals surface area contributed by atoms with E-state index in [0.29, 0.717) is 36.8 Å². The highest BCUT2D eigenvalue weighted by molar-refractivity contribution is 7.07. The van der Waals surface area contributed by atoms with Crippen molar-refractivity contribution < 1.29 is 10.0 Å². The molecule has 20 heavy (non-hydrogen) atoms. The molecule has 1 aromatic heterocycles. The highest BCUT2D eigenvalue weighted by atomic mass is 32.1. The molecule has 1 fully saturated rings. The molecule has 3 N–H and O–H groups in total. The van der Waals surface area contributed by atoms with Gasteiger partial charge in [0.2, 0.25) is 0 Å². The summed E-state index contributed by atoms with van der Waals surface area (Å²) < 4.78 is 3.79. The molecule has 1 saturated heterocycles. The standard InChI is InChI=1S/C11H18N6O2S/c1-7-9(20-15-13-7)11(18)17-5-3-16(4-6-17)8(2)10(12)14-19/h8,19H,3-6H2,1-2H3,(H2,12,14). The fourth-order valence-corrected chi connectivity index (χ4v) is 2.78. The van der Waals surface area contributed by atoms with E-state index in [1.165, 1.54) is 0 Å². The van der Waals surface area contributed by atoms with Crippen molar-refractivity contribution in [1.29, 1.82) is 0 Å². The summed E-state index contributed by atoms with van der Waals surface area (Å²) in [6, 6.07) is -0.135. The number of hydrogen-bond donors (Lipinski definition) is 2. The summed E-state index contributed by atoms with van der Waals surface area (Å²) in [7, 11) is 0. The van der Waals surface area contributed by atoms with E-state index in [2.05, 4.69) is 19.6 Å². The smallest absolute Gasteiger partial charge is 0.267 e. The molecule has 2 rings (SSSR count). The van der Waals surface area contributed by atoms with Crippen LogP contribution >= 0.6 is 11.5 Å². The van der Waals surface area contributed by atoms with E-state index in [0.717, 1.165) is 11.5 Å². The van der Waals surface area contributed by atoms with E-state index < -0.39 is 0 Å². The summed E-state index contributed by atoms with van der Waals surface area (Å²) in [4.78, 5) is 16.8. The van der Waals surface area contributed by atoms with Crippen LogP contribution in [0.4, 0.5) is 0 Å². The van der Waals surface area contributed by atoms with Gasteiger partial charge in [0.15, 0.2) is 5.84 Å². The highest BCUT2D eigenvalue weighted by Gasteiger charge is 2.27. The van der Waals surface area contributed by atoms with E-state index in [-0.39, 0.29) is 17.8 Å². The van der Waals surface area contributed by atoms with Crippen molar-refractivity contribution in [2.45, 2.75) is 19.9 Å². The fraction of sp³-hybridized carbons (Fsp3) is 0.636. The quantitative estimate of drug-likeness (QED) is 0.344. The number of rotatable bonds is 3. The number of amides is 1. The first-order valence-electron chi connectivity index (χ1n) is 6.34. The molecular weight excluding hydrogens is 280 g/mol. The van der Waals surface area contributed by atoms with Gasteiger partial charge in [-0.15, -0.1) is 5.10 Å². The minimum Gasteiger partial charge on any atom is -0.409 e. The Hall–Kier alpha value is -1.74. The summed E-state index contributed by atoms with van der Waals surface area (Å²) in [6.07, 6.45) is 0. The second-order valence-electron chi connectivity index (χ2n) is 4.72. The molecule has 0 radical (unpaired) electrons. The summed E-state index contributed by atoms with van der Waals surface area (Å²) >= 11 is 1.13. The normalized spacial score (nSPS) is 19.1. The number of nitrogens with two attached hydrogens (primary N) is 1. The fourth-order valence-electron chi connectivity index (χ4n) is 2.15. The van der Waals surface area contributed by atoms with Crippen LogP contribution in [0.25, 0.3) is 0 Å². The topological polar surface area (TPSA) is 108 Å². The van der Waals surface area contributed by atoms with Gasteiger partial charge < -0.3 is 15.8 Å². The van der Waals surface area contributed by atoms with Crippen LogP contribution in [0.15, 0.2) is 5.16 Å². The third-order valence-corrected chi connectivity index (χ3v) is 4.35. The van der Waals surface area contributed by atoms with E-state index in [1.54, 1.807) is 11.8 Å². The molecule has 110 valence electrons. The Morgan fingerprint density at radius 2 is 2.10 bits per heavy atom. The lowest BCUT2D eigenvalue weighted by Crippen LogP contribution is -2.54. The number of carbonyl (C=O) groups is 1. The second-order valence-corrected chi connectivity index (χ2v) is 5.47. The Labute approximate surface area is 121 Å². The Bertz CT molecular complexity index is 509. The van der Waals surface area contributed by atoms with Gasteiger partial charge in [0.1, 0.15) is 4.88 Å². The minimum atomic E-state index is -0.135. The number of amidine groups is 1. The van der Waals surface area contributed by atoms with Crippen LogP contribution in [-0.4, -0.2) is 68.6 Å². The van der Waals surface area contributed by atoms with Crippen LogP contribution in [0.1, 0.15) is 22.3 Å². The second kappa shape index (κ2) is 6.14. The van der Waals surface area contributed by atoms with Gasteiger partial charge in [0.05, 0.1) is 11.7 Å². The third-order valence-electron chi connectivity index (χ3n) is 3.54. The van der Waals surface area contributed by atoms with Crippen LogP contribution in [0, 0.1) is 6.92 Å². The summed E-state index contributed by atoms with van der Waals surface area (Å²) in [5, 5.41) is 15.6. The number of aromatic nitrogens is 2. The van der Waals surface area contributed by atoms with Crippen LogP contribution in [0.2, 0.25) is 0 Å². The maximum Gasteiger partial charge on any atom is 0.267 e. The van der Waals surface area contributed by atoms with Crippen molar-refractivity contribution in [3.8, 4) is 0 Å². The van der Waals surface area contributed by atoms with Crippen LogP contribution < -0.4 is 5.73 Å². The van der Waals surface area contributed by atoms with Crippen molar-refractivity contribution >= 4 is 23.3 Å². The zero-order valence-electron chi connectivity index (χ0n) is 11.5. The van der Waals surface area contributed by atoms with E-state index in [1.807, 2.05) is 6.92 Å². The number of hydrogen-bond acceptors (Lipinski definition) is 7. The molecule has 1 aliphatic heterocycles. The van der Waals surface area contributed by atoms with E-state index in [4.69, 9.17) is 10.9 Å². The molecule has 1 aromatic rings. The molecule has 9 heteroatoms. The lowest BCUT2D eigenvalue weighted by molar-refractivity contribution is 0.0622. The van der Waals surface area contributed by atoms with E-state index in [9.17, 15) is 4.79 Å². The summed E-state index contributed by atoms with van der Waals surface area (Å²) in [5.41, 5.74) is 6.28. The van der Waals surface area contributed by atoms with Gasteiger partial charge in [0.25, 0.3) is 5.91 Å². The molecule has 2 heterocycles.